The van der Waals surface area contributed by atoms with Crippen molar-refractivity contribution >= 4 is 34.6 Å². The van der Waals surface area contributed by atoms with Crippen LogP contribution in [0.4, 0.5) is 0 Å². The van der Waals surface area contributed by atoms with Crippen molar-refractivity contribution in [2.75, 3.05) is 0 Å². The topological polar surface area (TPSA) is 207 Å². The summed E-state index contributed by atoms with van der Waals surface area (Å²) in [5, 5.41) is 37.5. The van der Waals surface area contributed by atoms with Gasteiger partial charge in [0.15, 0.2) is 0 Å². The van der Waals surface area contributed by atoms with E-state index in [1.54, 1.807) is 6.20 Å². The molecule has 0 aliphatic heterocycles. The van der Waals surface area contributed by atoms with Crippen molar-refractivity contribution in [1.82, 2.24) is 20.9 Å². The SMILES string of the molecule is CC(C)CC(NC(=O)C(NC(=O)C(N)C(C)O)C(C)O)C(=O)NC(Cc1c[nH]c2ccccc12)C(=O)O. The van der Waals surface area contributed by atoms with Gasteiger partial charge in [-0.2, -0.15) is 0 Å². The van der Waals surface area contributed by atoms with Gasteiger partial charge < -0.3 is 42.0 Å². The number of nitrogens with one attached hydrogen (secondary N) is 4. The minimum atomic E-state index is -1.46. The van der Waals surface area contributed by atoms with Gasteiger partial charge in [0.2, 0.25) is 17.7 Å². The zero-order valence-corrected chi connectivity index (χ0v) is 21.4. The molecule has 0 radical (unpaired) electrons. The van der Waals surface area contributed by atoms with Crippen LogP contribution in [-0.2, 0) is 25.6 Å². The summed E-state index contributed by atoms with van der Waals surface area (Å²) in [5.74, 6) is -3.73. The highest BCUT2D eigenvalue weighted by molar-refractivity contribution is 5.94. The van der Waals surface area contributed by atoms with Crippen molar-refractivity contribution in [2.24, 2.45) is 11.7 Å². The number of aromatic amines is 1. The summed E-state index contributed by atoms with van der Waals surface area (Å²) in [7, 11) is 0. The van der Waals surface area contributed by atoms with Gasteiger partial charge in [-0.15, -0.1) is 0 Å². The Labute approximate surface area is 215 Å². The molecule has 3 amide bonds. The predicted octanol–water partition coefficient (Wildman–Crippen LogP) is -0.616. The van der Waals surface area contributed by atoms with Gasteiger partial charge in [0.1, 0.15) is 24.2 Å². The van der Waals surface area contributed by atoms with E-state index in [1.165, 1.54) is 13.8 Å². The fourth-order valence-corrected chi connectivity index (χ4v) is 3.83. The smallest absolute Gasteiger partial charge is 0.326 e. The lowest BCUT2D eigenvalue weighted by atomic mass is 10.0. The maximum Gasteiger partial charge on any atom is 0.326 e. The number of rotatable bonds is 13. The molecule has 12 heteroatoms. The Morgan fingerprint density at radius 3 is 2.08 bits per heavy atom. The van der Waals surface area contributed by atoms with Gasteiger partial charge in [-0.3, -0.25) is 14.4 Å². The van der Waals surface area contributed by atoms with E-state index in [2.05, 4.69) is 20.9 Å². The van der Waals surface area contributed by atoms with Crippen LogP contribution in [0.2, 0.25) is 0 Å². The molecule has 2 rings (SSSR count). The van der Waals surface area contributed by atoms with E-state index >= 15 is 0 Å². The first-order chi connectivity index (χ1) is 17.3. The molecule has 1 aromatic carbocycles. The summed E-state index contributed by atoms with van der Waals surface area (Å²) in [6.07, 6.45) is -0.667. The first-order valence-electron chi connectivity index (χ1n) is 12.1. The molecular weight excluding hydrogens is 482 g/mol. The second kappa shape index (κ2) is 13.2. The lowest BCUT2D eigenvalue weighted by molar-refractivity contribution is -0.142. The summed E-state index contributed by atoms with van der Waals surface area (Å²) < 4.78 is 0. The highest BCUT2D eigenvalue weighted by Gasteiger charge is 2.33. The fraction of sp³-hybridized carbons (Fsp3) is 0.520. The number of hydrogen-bond acceptors (Lipinski definition) is 7. The number of nitrogens with two attached hydrogens (primary N) is 1. The van der Waals surface area contributed by atoms with Crippen LogP contribution in [-0.4, -0.2) is 80.4 Å². The molecule has 9 N–H and O–H groups in total. The molecular formula is C25H37N5O7. The van der Waals surface area contributed by atoms with Gasteiger partial charge in [0.05, 0.1) is 12.2 Å². The third-order valence-electron chi connectivity index (χ3n) is 5.94. The van der Waals surface area contributed by atoms with E-state index in [0.29, 0.717) is 5.56 Å². The molecule has 37 heavy (non-hydrogen) atoms. The minimum absolute atomic E-state index is 0.0109. The number of carbonyl (C=O) groups excluding carboxylic acids is 3. The standard InChI is InChI=1S/C25H37N5O7/c1-12(2)9-18(28-24(35)21(14(4)32)30-23(34)20(26)13(3)31)22(33)29-19(25(36)37)10-15-11-27-17-8-6-5-7-16(15)17/h5-8,11-14,18-21,27,31-32H,9-10,26H2,1-4H3,(H,28,35)(H,29,33)(H,30,34)(H,36,37). The van der Waals surface area contributed by atoms with Gasteiger partial charge in [-0.1, -0.05) is 32.0 Å². The van der Waals surface area contributed by atoms with Crippen molar-refractivity contribution in [3.05, 3.63) is 36.0 Å². The number of carboxylic acid groups (broad SMARTS) is 1. The Morgan fingerprint density at radius 1 is 0.892 bits per heavy atom. The number of carbonyl (C=O) groups is 4. The van der Waals surface area contributed by atoms with Crippen LogP contribution in [0.5, 0.6) is 0 Å². The number of benzene rings is 1. The molecule has 0 aliphatic rings. The normalized spacial score (nSPS) is 16.3. The number of H-pyrrole nitrogens is 1. The molecule has 204 valence electrons. The summed E-state index contributed by atoms with van der Waals surface area (Å²) in [5.41, 5.74) is 7.14. The molecule has 12 nitrogen and oxygen atoms in total. The lowest BCUT2D eigenvalue weighted by Crippen LogP contribution is -2.60. The quantitative estimate of drug-likeness (QED) is 0.171. The second-order valence-corrected chi connectivity index (χ2v) is 9.65. The molecule has 0 fully saturated rings. The second-order valence-electron chi connectivity index (χ2n) is 9.65. The Balaban J connectivity index is 2.18. The first-order valence-corrected chi connectivity index (χ1v) is 12.1. The molecule has 0 aliphatic carbocycles. The maximum atomic E-state index is 13.1. The van der Waals surface area contributed by atoms with Gasteiger partial charge in [0.25, 0.3) is 0 Å². The number of carboxylic acids is 1. The minimum Gasteiger partial charge on any atom is -0.480 e. The van der Waals surface area contributed by atoms with Gasteiger partial charge in [-0.05, 0) is 37.8 Å². The third-order valence-corrected chi connectivity index (χ3v) is 5.94. The Bertz CT molecular complexity index is 1100. The first kappa shape index (κ1) is 29.7. The number of aliphatic hydroxyl groups excluding tert-OH is 2. The fourth-order valence-electron chi connectivity index (χ4n) is 3.83. The van der Waals surface area contributed by atoms with Crippen LogP contribution in [0.1, 0.15) is 39.7 Å². The zero-order valence-electron chi connectivity index (χ0n) is 21.4. The predicted molar refractivity (Wildman–Crippen MR) is 136 cm³/mol. The Kier molecular flexibility index (Phi) is 10.6. The maximum absolute atomic E-state index is 13.1. The number of amides is 3. The van der Waals surface area contributed by atoms with Crippen molar-refractivity contribution < 1.29 is 34.5 Å². The zero-order chi connectivity index (χ0) is 27.9. The van der Waals surface area contributed by atoms with Crippen LogP contribution in [0.3, 0.4) is 0 Å². The summed E-state index contributed by atoms with van der Waals surface area (Å²) in [6.45, 7) is 6.22. The van der Waals surface area contributed by atoms with E-state index in [1.807, 2.05) is 38.1 Å². The van der Waals surface area contributed by atoms with Crippen LogP contribution in [0, 0.1) is 5.92 Å². The van der Waals surface area contributed by atoms with Gasteiger partial charge in [0, 0.05) is 23.5 Å². The Morgan fingerprint density at radius 2 is 1.51 bits per heavy atom. The summed E-state index contributed by atoms with van der Waals surface area (Å²) in [6, 6.07) is 2.18. The molecule has 0 saturated heterocycles. The third kappa shape index (κ3) is 8.27. The molecule has 0 bridgehead atoms. The Hall–Kier alpha value is -3.48. The monoisotopic (exact) mass is 519 g/mol. The highest BCUT2D eigenvalue weighted by Crippen LogP contribution is 2.19. The summed E-state index contributed by atoms with van der Waals surface area (Å²) in [4.78, 5) is 53.4. The van der Waals surface area contributed by atoms with Crippen LogP contribution in [0.25, 0.3) is 10.9 Å². The highest BCUT2D eigenvalue weighted by atomic mass is 16.4. The average Bonchev–Trinajstić information content (AvgIpc) is 3.22. The largest absolute Gasteiger partial charge is 0.480 e. The number of para-hydroxylation sites is 1. The number of hydrogen-bond donors (Lipinski definition) is 8. The molecule has 1 aromatic heterocycles. The van der Waals surface area contributed by atoms with E-state index in [-0.39, 0.29) is 18.8 Å². The molecule has 1 heterocycles. The van der Waals surface area contributed by atoms with Crippen LogP contribution < -0.4 is 21.7 Å². The van der Waals surface area contributed by atoms with E-state index in [9.17, 15) is 34.5 Å². The van der Waals surface area contributed by atoms with Gasteiger partial charge >= 0.3 is 5.97 Å². The van der Waals surface area contributed by atoms with Gasteiger partial charge in [-0.25, -0.2) is 4.79 Å². The number of aliphatic carboxylic acids is 1. The molecule has 2 aromatic rings. The van der Waals surface area contributed by atoms with Crippen molar-refractivity contribution in [2.45, 2.75) is 76.9 Å². The number of aliphatic hydroxyl groups is 2. The molecule has 0 saturated carbocycles. The van der Waals surface area contributed by atoms with Crippen molar-refractivity contribution in [3.63, 3.8) is 0 Å². The van der Waals surface area contributed by atoms with Crippen molar-refractivity contribution in [3.8, 4) is 0 Å². The van der Waals surface area contributed by atoms with Crippen LogP contribution >= 0.6 is 0 Å². The molecule has 0 spiro atoms. The molecule has 6 atom stereocenters. The van der Waals surface area contributed by atoms with E-state index < -0.39 is 60.1 Å². The van der Waals surface area contributed by atoms with E-state index in [4.69, 9.17) is 5.73 Å². The number of aromatic nitrogens is 1. The van der Waals surface area contributed by atoms with Crippen LogP contribution in [0.15, 0.2) is 30.5 Å². The van der Waals surface area contributed by atoms with Crippen molar-refractivity contribution in [1.29, 1.82) is 0 Å². The van der Waals surface area contributed by atoms with E-state index in [0.717, 1.165) is 10.9 Å². The number of fused-ring (bicyclic) bond motifs is 1. The lowest BCUT2D eigenvalue weighted by Gasteiger charge is -2.27. The molecule has 6 unspecified atom stereocenters. The summed E-state index contributed by atoms with van der Waals surface area (Å²) >= 11 is 0. The average molecular weight is 520 g/mol.